The highest BCUT2D eigenvalue weighted by molar-refractivity contribution is 7.07. The molecule has 234 valence electrons. The summed E-state index contributed by atoms with van der Waals surface area (Å²) in [4.78, 5) is 33.3. The Morgan fingerprint density at radius 3 is 2.49 bits per heavy atom. The first kappa shape index (κ1) is 31.5. The number of thiazole rings is 1. The van der Waals surface area contributed by atoms with E-state index in [-0.39, 0.29) is 24.3 Å². The molecule has 2 heterocycles. The number of aromatic nitrogens is 1. The van der Waals surface area contributed by atoms with E-state index in [4.69, 9.17) is 30.8 Å². The zero-order chi connectivity index (χ0) is 32.9. The van der Waals surface area contributed by atoms with Gasteiger partial charge < -0.3 is 14.2 Å². The van der Waals surface area contributed by atoms with Crippen LogP contribution in [0.1, 0.15) is 40.8 Å². The molecule has 1 aromatic heterocycles. The topological polar surface area (TPSA) is 103 Å². The summed E-state index contributed by atoms with van der Waals surface area (Å²) in [5.41, 5.74) is 3.55. The average Bonchev–Trinajstić information content (AvgIpc) is 3.41. The summed E-state index contributed by atoms with van der Waals surface area (Å²) in [7, 11) is 1.54. The fourth-order valence-corrected chi connectivity index (χ4v) is 6.53. The van der Waals surface area contributed by atoms with Gasteiger partial charge in [-0.1, -0.05) is 95.7 Å². The van der Waals surface area contributed by atoms with E-state index in [1.165, 1.54) is 23.0 Å². The Bertz CT molecular complexity index is 2220. The van der Waals surface area contributed by atoms with Crippen LogP contribution in [0.15, 0.2) is 112 Å². The Labute approximate surface area is 279 Å². The lowest BCUT2D eigenvalue weighted by atomic mass is 9.93. The number of ether oxygens (including phenoxy) is 3. The molecule has 0 spiro atoms. The normalized spacial score (nSPS) is 14.2. The molecule has 47 heavy (non-hydrogen) atoms. The third-order valence-electron chi connectivity index (χ3n) is 7.59. The van der Waals surface area contributed by atoms with Crippen LogP contribution in [0.25, 0.3) is 11.8 Å². The highest BCUT2D eigenvalue weighted by Crippen LogP contribution is 2.36. The first-order valence-electron chi connectivity index (χ1n) is 14.7. The van der Waals surface area contributed by atoms with E-state index in [1.54, 1.807) is 61.5 Å². The van der Waals surface area contributed by atoms with E-state index >= 15 is 0 Å². The summed E-state index contributed by atoms with van der Waals surface area (Å²) < 4.78 is 19.3. The van der Waals surface area contributed by atoms with Gasteiger partial charge in [0.1, 0.15) is 6.61 Å². The van der Waals surface area contributed by atoms with Crippen LogP contribution < -0.4 is 24.4 Å². The zero-order valence-electron chi connectivity index (χ0n) is 25.5. The van der Waals surface area contributed by atoms with E-state index in [0.29, 0.717) is 59.4 Å². The molecule has 1 atom stereocenters. The molecule has 0 saturated carbocycles. The number of hydrogen-bond acceptors (Lipinski definition) is 8. The lowest BCUT2D eigenvalue weighted by molar-refractivity contribution is -0.138. The molecule has 0 bridgehead atoms. The first-order valence-corrected chi connectivity index (χ1v) is 15.9. The number of fused-ring (bicyclic) bond motifs is 1. The second-order valence-electron chi connectivity index (χ2n) is 10.4. The van der Waals surface area contributed by atoms with Crippen LogP contribution in [0.3, 0.4) is 0 Å². The number of esters is 1. The van der Waals surface area contributed by atoms with Gasteiger partial charge in [-0.05, 0) is 42.8 Å². The summed E-state index contributed by atoms with van der Waals surface area (Å²) in [5, 5.41) is 10.1. The van der Waals surface area contributed by atoms with Gasteiger partial charge in [0, 0.05) is 21.7 Å². The Hall–Kier alpha value is -5.43. The van der Waals surface area contributed by atoms with Gasteiger partial charge >= 0.3 is 5.97 Å². The van der Waals surface area contributed by atoms with E-state index < -0.39 is 12.0 Å². The minimum atomic E-state index is -0.830. The van der Waals surface area contributed by atoms with Crippen molar-refractivity contribution in [3.8, 4) is 17.6 Å². The van der Waals surface area contributed by atoms with Gasteiger partial charge in [0.2, 0.25) is 0 Å². The van der Waals surface area contributed by atoms with E-state index in [2.05, 4.69) is 6.07 Å². The monoisotopic (exact) mass is 661 g/mol. The minimum absolute atomic E-state index is 0.117. The van der Waals surface area contributed by atoms with Gasteiger partial charge in [0.15, 0.2) is 16.3 Å². The molecule has 5 aromatic rings. The van der Waals surface area contributed by atoms with Gasteiger partial charge in [-0.25, -0.2) is 9.79 Å². The van der Waals surface area contributed by atoms with Crippen LogP contribution in [-0.2, 0) is 16.1 Å². The van der Waals surface area contributed by atoms with E-state index in [9.17, 15) is 14.9 Å². The molecular weight excluding hydrogens is 634 g/mol. The number of nitriles is 1. The van der Waals surface area contributed by atoms with Crippen LogP contribution >= 0.6 is 22.9 Å². The number of carbonyl (C=O) groups excluding carboxylic acids is 1. The molecule has 6 rings (SSSR count). The quantitative estimate of drug-likeness (QED) is 0.178. The number of nitrogens with zero attached hydrogens (tertiary/aromatic N) is 3. The van der Waals surface area contributed by atoms with Crippen molar-refractivity contribution in [1.29, 1.82) is 5.26 Å². The third-order valence-corrected chi connectivity index (χ3v) is 8.82. The number of hydrogen-bond donors (Lipinski definition) is 0. The summed E-state index contributed by atoms with van der Waals surface area (Å²) >= 11 is 7.44. The average molecular weight is 662 g/mol. The molecule has 0 N–H and O–H groups in total. The maximum Gasteiger partial charge on any atom is 0.338 e. The van der Waals surface area contributed by atoms with E-state index in [1.807, 2.05) is 48.5 Å². The Morgan fingerprint density at radius 1 is 1.02 bits per heavy atom. The van der Waals surface area contributed by atoms with Crippen LogP contribution in [0, 0.1) is 11.3 Å². The summed E-state index contributed by atoms with van der Waals surface area (Å²) in [6.45, 7) is 2.01. The molecule has 1 aliphatic rings. The van der Waals surface area contributed by atoms with Crippen molar-refractivity contribution in [2.45, 2.75) is 19.6 Å². The fraction of sp³-hybridized carbons (Fsp3) is 0.135. The summed E-state index contributed by atoms with van der Waals surface area (Å²) in [6, 6.07) is 30.4. The summed E-state index contributed by atoms with van der Waals surface area (Å²) in [6.07, 6.45) is 1.73. The lowest BCUT2D eigenvalue weighted by Gasteiger charge is -2.26. The molecule has 0 fully saturated rings. The van der Waals surface area contributed by atoms with Gasteiger partial charge in [-0.3, -0.25) is 9.36 Å². The van der Waals surface area contributed by atoms with Gasteiger partial charge in [-0.2, -0.15) is 5.26 Å². The van der Waals surface area contributed by atoms with Crippen molar-refractivity contribution in [2.24, 2.45) is 4.99 Å². The highest BCUT2D eigenvalue weighted by Gasteiger charge is 2.35. The number of halogens is 1. The third kappa shape index (κ3) is 6.34. The number of carbonyl (C=O) groups is 1. The van der Waals surface area contributed by atoms with Crippen molar-refractivity contribution in [2.75, 3.05) is 13.7 Å². The van der Waals surface area contributed by atoms with E-state index in [0.717, 1.165) is 0 Å². The molecule has 8 nitrogen and oxygen atoms in total. The lowest BCUT2D eigenvalue weighted by Crippen LogP contribution is -2.40. The van der Waals surface area contributed by atoms with Crippen molar-refractivity contribution in [3.63, 3.8) is 0 Å². The number of para-hydroxylation sites is 1. The van der Waals surface area contributed by atoms with Crippen molar-refractivity contribution < 1.29 is 19.0 Å². The standard InChI is InChI=1S/C37H28ClN3O5S/c1-3-45-36(43)31-32(23-10-5-4-6-11-23)40-37-41(33(31)24-16-18-28(38)19-17-24)35(42)30(47-37)20-25-14-9-15-29(44-2)34(25)46-22-27-13-8-7-12-26(27)21-39/h4-20,33H,3,22H2,1-2H3/b30-20-/t33-/m0/s1. The minimum Gasteiger partial charge on any atom is -0.493 e. The Morgan fingerprint density at radius 2 is 1.77 bits per heavy atom. The molecule has 0 radical (unpaired) electrons. The maximum absolute atomic E-state index is 14.3. The molecule has 1 aliphatic heterocycles. The maximum atomic E-state index is 14.3. The molecule has 0 saturated heterocycles. The SMILES string of the molecule is CCOC(=O)C1=C(c2ccccc2)N=c2s/c(=C\c3cccc(OC)c3OCc3ccccc3C#N)c(=O)n2[C@H]1c1ccc(Cl)cc1. The smallest absolute Gasteiger partial charge is 0.338 e. The Kier molecular flexibility index (Phi) is 9.34. The van der Waals surface area contributed by atoms with Crippen LogP contribution in [0.5, 0.6) is 11.5 Å². The predicted octanol–water partition coefficient (Wildman–Crippen LogP) is 6.05. The summed E-state index contributed by atoms with van der Waals surface area (Å²) in [5.74, 6) is 0.321. The number of rotatable bonds is 9. The van der Waals surface area contributed by atoms with Crippen molar-refractivity contribution in [1.82, 2.24) is 4.57 Å². The molecule has 4 aromatic carbocycles. The second-order valence-corrected chi connectivity index (χ2v) is 11.9. The number of benzene rings is 4. The largest absolute Gasteiger partial charge is 0.493 e. The second kappa shape index (κ2) is 13.9. The molecule has 0 aliphatic carbocycles. The molecule has 0 unspecified atom stereocenters. The van der Waals surface area contributed by atoms with Gasteiger partial charge in [0.25, 0.3) is 5.56 Å². The fourth-order valence-electron chi connectivity index (χ4n) is 5.41. The number of methoxy groups -OCH3 is 1. The molecule has 10 heteroatoms. The predicted molar refractivity (Wildman–Crippen MR) is 181 cm³/mol. The zero-order valence-corrected chi connectivity index (χ0v) is 27.0. The first-order chi connectivity index (χ1) is 22.9. The van der Waals surface area contributed by atoms with Crippen molar-refractivity contribution in [3.05, 3.63) is 155 Å². The molecule has 0 amide bonds. The molecular formula is C37H28ClN3O5S. The van der Waals surface area contributed by atoms with Crippen molar-refractivity contribution >= 4 is 40.7 Å². The van der Waals surface area contributed by atoms with Gasteiger partial charge in [0.05, 0.1) is 47.2 Å². The highest BCUT2D eigenvalue weighted by atomic mass is 35.5. The van der Waals surface area contributed by atoms with Crippen LogP contribution in [0.4, 0.5) is 0 Å². The Balaban J connectivity index is 1.55. The van der Waals surface area contributed by atoms with Crippen LogP contribution in [-0.4, -0.2) is 24.3 Å². The van der Waals surface area contributed by atoms with Crippen LogP contribution in [0.2, 0.25) is 5.02 Å². The van der Waals surface area contributed by atoms with Gasteiger partial charge in [-0.15, -0.1) is 0 Å².